The zero-order valence-electron chi connectivity index (χ0n) is 13.9. The third-order valence-electron chi connectivity index (χ3n) is 5.43. The normalized spacial score (nSPS) is 29.5. The molecule has 3 rings (SSSR count). The predicted octanol–water partition coefficient (Wildman–Crippen LogP) is 2.54. The molecule has 1 aliphatic heterocycles. The largest absolute Gasteiger partial charge is 0.377 e. The highest BCUT2D eigenvalue weighted by molar-refractivity contribution is 5.77. The highest BCUT2D eigenvalue weighted by atomic mass is 16.5. The first kappa shape index (κ1) is 15.5. The molecule has 5 heteroatoms. The van der Waals surface area contributed by atoms with E-state index in [1.54, 1.807) is 0 Å². The third kappa shape index (κ3) is 2.56. The summed E-state index contributed by atoms with van der Waals surface area (Å²) in [5.41, 5.74) is 1.97. The molecule has 2 aliphatic rings. The minimum Gasteiger partial charge on any atom is -0.377 e. The van der Waals surface area contributed by atoms with E-state index in [1.165, 1.54) is 0 Å². The summed E-state index contributed by atoms with van der Waals surface area (Å²) in [5.74, 6) is 1.41. The molecule has 5 nitrogen and oxygen atoms in total. The van der Waals surface area contributed by atoms with Gasteiger partial charge in [-0.25, -0.2) is 0 Å². The van der Waals surface area contributed by atoms with Crippen molar-refractivity contribution in [2.75, 3.05) is 6.61 Å². The number of carbonyl (C=O) groups excluding carboxylic acids is 1. The fraction of sp³-hybridized carbons (Fsp3) is 0.765. The van der Waals surface area contributed by atoms with Gasteiger partial charge in [0, 0.05) is 36.0 Å². The quantitative estimate of drug-likeness (QED) is 0.928. The molecule has 0 radical (unpaired) electrons. The minimum absolute atomic E-state index is 0.0315. The predicted molar refractivity (Wildman–Crippen MR) is 82.5 cm³/mol. The lowest BCUT2D eigenvalue weighted by molar-refractivity contribution is -0.193. The van der Waals surface area contributed by atoms with Crippen LogP contribution in [0.1, 0.15) is 50.1 Å². The van der Waals surface area contributed by atoms with Crippen LogP contribution < -0.4 is 5.32 Å². The van der Waals surface area contributed by atoms with Crippen molar-refractivity contribution in [1.29, 1.82) is 0 Å². The van der Waals surface area contributed by atoms with Gasteiger partial charge in [-0.05, 0) is 33.1 Å². The Morgan fingerprint density at radius 3 is 2.86 bits per heavy atom. The van der Waals surface area contributed by atoms with Crippen molar-refractivity contribution in [3.05, 3.63) is 17.0 Å². The summed E-state index contributed by atoms with van der Waals surface area (Å²) in [6.45, 7) is 9.06. The second-order valence-corrected chi connectivity index (χ2v) is 7.27. The number of fused-ring (bicyclic) bond motifs is 1. The fourth-order valence-corrected chi connectivity index (χ4v) is 4.16. The molecular formula is C17H26N2O3. The molecule has 122 valence electrons. The Morgan fingerprint density at radius 1 is 1.41 bits per heavy atom. The van der Waals surface area contributed by atoms with E-state index in [9.17, 15) is 4.79 Å². The Morgan fingerprint density at radius 2 is 2.18 bits per heavy atom. The summed E-state index contributed by atoms with van der Waals surface area (Å²) in [7, 11) is 0. The average Bonchev–Trinajstić information content (AvgIpc) is 2.81. The van der Waals surface area contributed by atoms with E-state index in [4.69, 9.17) is 9.26 Å². The lowest BCUT2D eigenvalue weighted by Crippen LogP contribution is -2.70. The van der Waals surface area contributed by atoms with E-state index < -0.39 is 0 Å². The third-order valence-corrected chi connectivity index (χ3v) is 5.43. The van der Waals surface area contributed by atoms with Crippen molar-refractivity contribution in [3.63, 3.8) is 0 Å². The maximum atomic E-state index is 12.3. The molecule has 1 N–H and O–H groups in total. The zero-order chi connectivity index (χ0) is 15.9. The summed E-state index contributed by atoms with van der Waals surface area (Å²) in [6.07, 6.45) is 3.72. The Balaban J connectivity index is 1.56. The van der Waals surface area contributed by atoms with Crippen LogP contribution in [-0.2, 0) is 16.0 Å². The highest BCUT2D eigenvalue weighted by Crippen LogP contribution is 2.51. The second-order valence-electron chi connectivity index (χ2n) is 7.27. The van der Waals surface area contributed by atoms with Crippen molar-refractivity contribution >= 4 is 5.91 Å². The maximum absolute atomic E-state index is 12.3. The zero-order valence-corrected chi connectivity index (χ0v) is 13.9. The van der Waals surface area contributed by atoms with E-state index in [-0.39, 0.29) is 17.4 Å². The van der Waals surface area contributed by atoms with Crippen molar-refractivity contribution in [3.8, 4) is 0 Å². The lowest BCUT2D eigenvalue weighted by Gasteiger charge is -2.59. The van der Waals surface area contributed by atoms with Crippen LogP contribution in [0.4, 0.5) is 0 Å². The molecule has 3 atom stereocenters. The number of carbonyl (C=O) groups is 1. The van der Waals surface area contributed by atoms with Crippen LogP contribution in [0.3, 0.4) is 0 Å². The van der Waals surface area contributed by atoms with Crippen LogP contribution in [0.15, 0.2) is 4.52 Å². The molecule has 0 unspecified atom stereocenters. The topological polar surface area (TPSA) is 64.4 Å². The van der Waals surface area contributed by atoms with Crippen molar-refractivity contribution < 1.29 is 14.1 Å². The van der Waals surface area contributed by atoms with Crippen LogP contribution in [-0.4, -0.2) is 29.8 Å². The van der Waals surface area contributed by atoms with E-state index in [2.05, 4.69) is 24.3 Å². The summed E-state index contributed by atoms with van der Waals surface area (Å²) in [5, 5.41) is 7.17. The standard InChI is InChI=1S/C17H26N2O3/c1-10-12(11(2)22-19-10)7-8-14(20)18-15-13-6-5-9-21-16(13)17(15,3)4/h13,15-16H,5-9H2,1-4H3,(H,18,20)/t13-,15-,16-/m1/s1. The van der Waals surface area contributed by atoms with Crippen LogP contribution in [0, 0.1) is 25.2 Å². The number of nitrogens with zero attached hydrogens (tertiary/aromatic N) is 1. The minimum atomic E-state index is 0.0315. The van der Waals surface area contributed by atoms with E-state index in [0.29, 0.717) is 24.9 Å². The van der Waals surface area contributed by atoms with Crippen molar-refractivity contribution in [1.82, 2.24) is 10.5 Å². The van der Waals surface area contributed by atoms with Gasteiger partial charge < -0.3 is 14.6 Å². The first-order valence-electron chi connectivity index (χ1n) is 8.24. The van der Waals surface area contributed by atoms with Crippen LogP contribution in [0.25, 0.3) is 0 Å². The van der Waals surface area contributed by atoms with Gasteiger partial charge in [0.15, 0.2) is 0 Å². The molecule has 2 heterocycles. The van der Waals surface area contributed by atoms with Gasteiger partial charge in [0.1, 0.15) is 5.76 Å². The fourth-order valence-electron chi connectivity index (χ4n) is 4.16. The van der Waals surface area contributed by atoms with Gasteiger partial charge >= 0.3 is 0 Å². The molecule has 22 heavy (non-hydrogen) atoms. The van der Waals surface area contributed by atoms with Crippen LogP contribution in [0.5, 0.6) is 0 Å². The smallest absolute Gasteiger partial charge is 0.220 e. The van der Waals surface area contributed by atoms with Gasteiger partial charge in [-0.1, -0.05) is 19.0 Å². The molecule has 1 saturated heterocycles. The number of hydrogen-bond donors (Lipinski definition) is 1. The maximum Gasteiger partial charge on any atom is 0.220 e. The van der Waals surface area contributed by atoms with Gasteiger partial charge in [0.2, 0.25) is 5.91 Å². The van der Waals surface area contributed by atoms with E-state index in [0.717, 1.165) is 36.5 Å². The number of hydrogen-bond acceptors (Lipinski definition) is 4. The number of nitrogens with one attached hydrogen (secondary N) is 1. The van der Waals surface area contributed by atoms with Gasteiger partial charge in [-0.15, -0.1) is 0 Å². The summed E-state index contributed by atoms with van der Waals surface area (Å²) < 4.78 is 11.0. The molecule has 2 fully saturated rings. The van der Waals surface area contributed by atoms with E-state index in [1.807, 2.05) is 13.8 Å². The van der Waals surface area contributed by atoms with Gasteiger partial charge in [-0.3, -0.25) is 4.79 Å². The highest BCUT2D eigenvalue weighted by Gasteiger charge is 2.58. The SMILES string of the molecule is Cc1noc(C)c1CCC(=O)N[C@@H]1[C@H]2CCCO[C@H]2C1(C)C. The monoisotopic (exact) mass is 306 g/mol. The van der Waals surface area contributed by atoms with Gasteiger partial charge in [-0.2, -0.15) is 0 Å². The molecule has 1 saturated carbocycles. The Kier molecular flexibility index (Phi) is 4.02. The molecule has 0 aromatic carbocycles. The number of rotatable bonds is 4. The van der Waals surface area contributed by atoms with Crippen molar-refractivity contribution in [2.24, 2.45) is 11.3 Å². The Hall–Kier alpha value is -1.36. The van der Waals surface area contributed by atoms with Gasteiger partial charge in [0.25, 0.3) is 0 Å². The molecule has 0 spiro atoms. The molecule has 1 amide bonds. The number of amides is 1. The van der Waals surface area contributed by atoms with Crippen molar-refractivity contribution in [2.45, 2.75) is 65.5 Å². The Bertz CT molecular complexity index is 545. The summed E-state index contributed by atoms with van der Waals surface area (Å²) in [6, 6.07) is 0.231. The summed E-state index contributed by atoms with van der Waals surface area (Å²) >= 11 is 0. The number of aromatic nitrogens is 1. The molecule has 1 aliphatic carbocycles. The average molecular weight is 306 g/mol. The second kappa shape index (κ2) is 5.69. The van der Waals surface area contributed by atoms with Crippen LogP contribution in [0.2, 0.25) is 0 Å². The molecule has 0 bridgehead atoms. The first-order chi connectivity index (χ1) is 10.4. The molecule has 1 aromatic rings. The number of aryl methyl sites for hydroxylation is 2. The number of ether oxygens (including phenoxy) is 1. The van der Waals surface area contributed by atoms with E-state index >= 15 is 0 Å². The molecule has 1 aromatic heterocycles. The molecular weight excluding hydrogens is 280 g/mol. The first-order valence-corrected chi connectivity index (χ1v) is 8.24. The summed E-state index contributed by atoms with van der Waals surface area (Å²) in [4.78, 5) is 12.3. The lowest BCUT2D eigenvalue weighted by atomic mass is 9.55. The van der Waals surface area contributed by atoms with Gasteiger partial charge in [0.05, 0.1) is 11.8 Å². The van der Waals surface area contributed by atoms with Crippen LogP contribution >= 0.6 is 0 Å². The Labute approximate surface area is 131 Å².